The zero-order valence-corrected chi connectivity index (χ0v) is 21.9. The predicted molar refractivity (Wildman–Crippen MR) is 128 cm³/mol. The molecule has 3 rings (SSSR count). The molecule has 37 heavy (non-hydrogen) atoms. The summed E-state index contributed by atoms with van der Waals surface area (Å²) in [6.07, 6.45) is -4.92. The first-order valence-electron chi connectivity index (χ1n) is 10.9. The van der Waals surface area contributed by atoms with Crippen molar-refractivity contribution in [3.8, 4) is 11.4 Å². The fourth-order valence-corrected chi connectivity index (χ4v) is 4.71. The van der Waals surface area contributed by atoms with Crippen LogP contribution in [0.1, 0.15) is 27.7 Å². The molecular weight excluding hydrogens is 532 g/mol. The SMILES string of the molecule is CC(=O)OC[C@H]1O[C@@H](Sc2nnc(-c3ccc(Cl)cc3)n2N)[C@H](OC(C)=O)[C@@H](OC(C)=O)[C@@H]1OC(C)=O. The summed E-state index contributed by atoms with van der Waals surface area (Å²) in [5, 5.41) is 8.88. The van der Waals surface area contributed by atoms with Crippen molar-refractivity contribution in [2.75, 3.05) is 12.4 Å². The first-order valence-corrected chi connectivity index (χ1v) is 12.2. The fourth-order valence-electron chi connectivity index (χ4n) is 3.54. The van der Waals surface area contributed by atoms with Crippen LogP contribution in [0.2, 0.25) is 5.02 Å². The van der Waals surface area contributed by atoms with Gasteiger partial charge in [-0.2, -0.15) is 0 Å². The average molecular weight is 557 g/mol. The van der Waals surface area contributed by atoms with Crippen LogP contribution < -0.4 is 5.84 Å². The van der Waals surface area contributed by atoms with Crippen LogP contribution in [0.5, 0.6) is 0 Å². The van der Waals surface area contributed by atoms with Crippen LogP contribution >= 0.6 is 23.4 Å². The maximum atomic E-state index is 12.0. The largest absolute Gasteiger partial charge is 0.463 e. The highest BCUT2D eigenvalue weighted by Gasteiger charge is 2.52. The Labute approximate surface area is 220 Å². The van der Waals surface area contributed by atoms with Crippen LogP contribution in [-0.4, -0.2) is 75.2 Å². The molecule has 15 heteroatoms. The summed E-state index contributed by atoms with van der Waals surface area (Å²) < 4.78 is 28.5. The van der Waals surface area contributed by atoms with E-state index in [1.165, 1.54) is 11.6 Å². The van der Waals surface area contributed by atoms with Gasteiger partial charge in [-0.15, -0.1) is 10.2 Å². The lowest BCUT2D eigenvalue weighted by Gasteiger charge is -2.43. The van der Waals surface area contributed by atoms with Crippen molar-refractivity contribution in [1.29, 1.82) is 0 Å². The molecular formula is C22H25ClN4O9S. The number of benzene rings is 1. The number of carbonyl (C=O) groups excluding carboxylic acids is 4. The number of hydrogen-bond acceptors (Lipinski definition) is 13. The highest BCUT2D eigenvalue weighted by molar-refractivity contribution is 7.99. The van der Waals surface area contributed by atoms with Gasteiger partial charge in [0.2, 0.25) is 5.16 Å². The third kappa shape index (κ3) is 7.33. The summed E-state index contributed by atoms with van der Waals surface area (Å²) >= 11 is 6.86. The molecule has 13 nitrogen and oxygen atoms in total. The van der Waals surface area contributed by atoms with Crippen molar-refractivity contribution in [3.63, 3.8) is 0 Å². The highest BCUT2D eigenvalue weighted by atomic mass is 35.5. The summed E-state index contributed by atoms with van der Waals surface area (Å²) in [7, 11) is 0. The normalized spacial score (nSPS) is 23.1. The number of hydrogen-bond donors (Lipinski definition) is 1. The van der Waals surface area contributed by atoms with Crippen molar-refractivity contribution in [2.45, 2.75) is 62.7 Å². The molecule has 1 aromatic carbocycles. The van der Waals surface area contributed by atoms with Crippen molar-refractivity contribution in [2.24, 2.45) is 0 Å². The molecule has 2 heterocycles. The Kier molecular flexibility index (Phi) is 9.34. The number of ether oxygens (including phenoxy) is 5. The molecule has 0 saturated carbocycles. The van der Waals surface area contributed by atoms with Crippen LogP contribution in [0.15, 0.2) is 29.4 Å². The van der Waals surface area contributed by atoms with Crippen molar-refractivity contribution < 1.29 is 42.9 Å². The molecule has 0 unspecified atom stereocenters. The summed E-state index contributed by atoms with van der Waals surface area (Å²) in [6.45, 7) is 4.28. The van der Waals surface area contributed by atoms with E-state index in [9.17, 15) is 19.2 Å². The molecule has 200 valence electrons. The van der Waals surface area contributed by atoms with E-state index in [4.69, 9.17) is 41.1 Å². The molecule has 1 aliphatic heterocycles. The Morgan fingerprint density at radius 1 is 0.919 bits per heavy atom. The van der Waals surface area contributed by atoms with E-state index >= 15 is 0 Å². The van der Waals surface area contributed by atoms with E-state index in [0.29, 0.717) is 16.4 Å². The number of nitrogen functional groups attached to an aromatic ring is 1. The van der Waals surface area contributed by atoms with Gasteiger partial charge in [-0.3, -0.25) is 19.2 Å². The molecule has 5 atom stereocenters. The minimum Gasteiger partial charge on any atom is -0.463 e. The summed E-state index contributed by atoms with van der Waals surface area (Å²) in [4.78, 5) is 47.3. The van der Waals surface area contributed by atoms with Gasteiger partial charge >= 0.3 is 23.9 Å². The van der Waals surface area contributed by atoms with Crippen LogP contribution in [-0.2, 0) is 42.9 Å². The van der Waals surface area contributed by atoms with E-state index in [2.05, 4.69) is 10.2 Å². The van der Waals surface area contributed by atoms with Gasteiger partial charge in [-0.1, -0.05) is 11.6 Å². The lowest BCUT2D eigenvalue weighted by molar-refractivity contribution is -0.237. The Bertz CT molecular complexity index is 1160. The molecule has 1 aromatic heterocycles. The summed E-state index contributed by atoms with van der Waals surface area (Å²) in [5.41, 5.74) is -0.460. The molecule has 1 saturated heterocycles. The van der Waals surface area contributed by atoms with Gasteiger partial charge < -0.3 is 29.5 Å². The first-order chi connectivity index (χ1) is 17.5. The Hall–Kier alpha value is -3.36. The van der Waals surface area contributed by atoms with Crippen molar-refractivity contribution >= 4 is 47.2 Å². The number of nitrogens with two attached hydrogens (primary N) is 1. The number of thioether (sulfide) groups is 1. The monoisotopic (exact) mass is 556 g/mol. The van der Waals surface area contributed by atoms with Gasteiger partial charge in [-0.25, -0.2) is 4.68 Å². The summed E-state index contributed by atoms with van der Waals surface area (Å²) in [5.74, 6) is 3.75. The third-order valence-corrected chi connectivity index (χ3v) is 6.29. The lowest BCUT2D eigenvalue weighted by atomic mass is 9.99. The minimum absolute atomic E-state index is 0.158. The molecule has 0 radical (unpaired) electrons. The number of halogens is 1. The van der Waals surface area contributed by atoms with Gasteiger partial charge in [0.1, 0.15) is 12.7 Å². The van der Waals surface area contributed by atoms with Crippen LogP contribution in [0.4, 0.5) is 0 Å². The zero-order valence-electron chi connectivity index (χ0n) is 20.3. The second-order valence-corrected chi connectivity index (χ2v) is 9.37. The van der Waals surface area contributed by atoms with Crippen LogP contribution in [0.3, 0.4) is 0 Å². The van der Waals surface area contributed by atoms with Gasteiger partial charge in [0.25, 0.3) is 0 Å². The van der Waals surface area contributed by atoms with Gasteiger partial charge in [-0.05, 0) is 36.0 Å². The molecule has 0 amide bonds. The van der Waals surface area contributed by atoms with Gasteiger partial charge in [0, 0.05) is 38.3 Å². The molecule has 0 spiro atoms. The van der Waals surface area contributed by atoms with E-state index in [0.717, 1.165) is 32.5 Å². The minimum atomic E-state index is -1.30. The Morgan fingerprint density at radius 3 is 2.05 bits per heavy atom. The highest BCUT2D eigenvalue weighted by Crippen LogP contribution is 2.37. The van der Waals surface area contributed by atoms with Crippen molar-refractivity contribution in [3.05, 3.63) is 29.3 Å². The van der Waals surface area contributed by atoms with Crippen LogP contribution in [0, 0.1) is 0 Å². The smallest absolute Gasteiger partial charge is 0.303 e. The van der Waals surface area contributed by atoms with Crippen LogP contribution in [0.25, 0.3) is 11.4 Å². The molecule has 2 N–H and O–H groups in total. The standard InChI is InChI=1S/C22H25ClN4O9S/c1-10(28)32-9-16-17(33-11(2)29)18(34-12(3)30)19(35-13(4)31)21(36-16)37-22-26-25-20(27(22)24)14-5-7-15(23)8-6-14/h5-8,16-19,21H,9,24H2,1-4H3/t16-,17-,18+,19-,21+/m1/s1. The van der Waals surface area contributed by atoms with Crippen molar-refractivity contribution in [1.82, 2.24) is 14.9 Å². The Morgan fingerprint density at radius 2 is 1.49 bits per heavy atom. The second kappa shape index (κ2) is 12.3. The van der Waals surface area contributed by atoms with E-state index in [1.54, 1.807) is 24.3 Å². The quantitative estimate of drug-likeness (QED) is 0.282. The number of rotatable bonds is 8. The van der Waals surface area contributed by atoms with E-state index in [-0.39, 0.29) is 11.8 Å². The van der Waals surface area contributed by atoms with E-state index < -0.39 is 53.7 Å². The molecule has 0 aliphatic carbocycles. The topological polar surface area (TPSA) is 171 Å². The molecule has 1 fully saturated rings. The lowest BCUT2D eigenvalue weighted by Crippen LogP contribution is -2.61. The Balaban J connectivity index is 1.98. The molecule has 0 bridgehead atoms. The summed E-state index contributed by atoms with van der Waals surface area (Å²) in [6, 6.07) is 6.74. The van der Waals surface area contributed by atoms with E-state index in [1.807, 2.05) is 0 Å². The predicted octanol–water partition coefficient (Wildman–Crippen LogP) is 1.49. The number of nitrogens with zero attached hydrogens (tertiary/aromatic N) is 3. The average Bonchev–Trinajstić information content (AvgIpc) is 3.16. The number of esters is 4. The molecule has 1 aliphatic rings. The van der Waals surface area contributed by atoms with Gasteiger partial charge in [0.05, 0.1) is 0 Å². The zero-order chi connectivity index (χ0) is 27.3. The first kappa shape index (κ1) is 28.2. The number of carbonyl (C=O) groups is 4. The third-order valence-electron chi connectivity index (χ3n) is 4.94. The maximum Gasteiger partial charge on any atom is 0.303 e. The maximum absolute atomic E-state index is 12.0. The van der Waals surface area contributed by atoms with Gasteiger partial charge in [0.15, 0.2) is 29.6 Å². The number of aromatic nitrogens is 3. The fraction of sp³-hybridized carbons (Fsp3) is 0.455. The second-order valence-electron chi connectivity index (χ2n) is 7.87. The molecule has 2 aromatic rings.